The van der Waals surface area contributed by atoms with Gasteiger partial charge in [-0.1, -0.05) is 12.1 Å². The molecule has 0 bridgehead atoms. The van der Waals surface area contributed by atoms with Crippen LogP contribution in [0.15, 0.2) is 5.16 Å². The molecule has 3 rings (SSSR count). The molecular formula is C21H31NO3. The standard InChI is InChI=1S/C21H31NO3/c1-7-18(22-24-8-2)21-23-11-17-19(25-21)10-9-16-14(5)12(3)13(4)15(6)20(16)17/h17,19,21H,7-11H2,1-6H3. The zero-order chi connectivity index (χ0) is 18.1. The van der Waals surface area contributed by atoms with Crippen LogP contribution in [0.25, 0.3) is 0 Å². The van der Waals surface area contributed by atoms with Crippen LogP contribution in [-0.4, -0.2) is 31.3 Å². The van der Waals surface area contributed by atoms with Crippen molar-refractivity contribution in [2.75, 3.05) is 13.2 Å². The van der Waals surface area contributed by atoms with Crippen molar-refractivity contribution in [1.82, 2.24) is 0 Å². The second-order valence-electron chi connectivity index (χ2n) is 7.23. The van der Waals surface area contributed by atoms with Crippen molar-refractivity contribution < 1.29 is 14.3 Å². The molecule has 1 aromatic rings. The maximum atomic E-state index is 6.33. The summed E-state index contributed by atoms with van der Waals surface area (Å²) >= 11 is 0. The molecule has 4 nitrogen and oxygen atoms in total. The van der Waals surface area contributed by atoms with Crippen molar-refractivity contribution >= 4 is 5.71 Å². The molecule has 0 saturated carbocycles. The normalized spacial score (nSPS) is 26.2. The summed E-state index contributed by atoms with van der Waals surface area (Å²) in [5, 5.41) is 4.19. The first-order valence-corrected chi connectivity index (χ1v) is 9.54. The van der Waals surface area contributed by atoms with Gasteiger partial charge in [0.05, 0.1) is 12.7 Å². The summed E-state index contributed by atoms with van der Waals surface area (Å²) in [5.41, 5.74) is 9.54. The highest BCUT2D eigenvalue weighted by molar-refractivity contribution is 5.87. The van der Waals surface area contributed by atoms with Crippen LogP contribution in [0.4, 0.5) is 0 Å². The van der Waals surface area contributed by atoms with Gasteiger partial charge < -0.3 is 14.3 Å². The van der Waals surface area contributed by atoms with Crippen molar-refractivity contribution in [2.45, 2.75) is 79.1 Å². The number of ether oxygens (including phenoxy) is 2. The van der Waals surface area contributed by atoms with Gasteiger partial charge in [-0.05, 0) is 87.3 Å². The first-order valence-electron chi connectivity index (χ1n) is 9.54. The molecule has 3 unspecified atom stereocenters. The molecule has 3 atom stereocenters. The lowest BCUT2D eigenvalue weighted by Gasteiger charge is -2.42. The van der Waals surface area contributed by atoms with E-state index in [1.165, 1.54) is 33.4 Å². The number of nitrogens with zero attached hydrogens (tertiary/aromatic N) is 1. The van der Waals surface area contributed by atoms with Gasteiger partial charge in [0, 0.05) is 5.92 Å². The summed E-state index contributed by atoms with van der Waals surface area (Å²) in [6.45, 7) is 14.2. The van der Waals surface area contributed by atoms with E-state index in [-0.39, 0.29) is 12.4 Å². The number of rotatable bonds is 4. The lowest BCUT2D eigenvalue weighted by atomic mass is 9.74. The third kappa shape index (κ3) is 3.22. The fourth-order valence-electron chi connectivity index (χ4n) is 4.26. The molecule has 1 saturated heterocycles. The number of benzene rings is 1. The zero-order valence-corrected chi connectivity index (χ0v) is 16.4. The van der Waals surface area contributed by atoms with Crippen LogP contribution in [0.3, 0.4) is 0 Å². The van der Waals surface area contributed by atoms with E-state index in [9.17, 15) is 0 Å². The highest BCUT2D eigenvalue weighted by Crippen LogP contribution is 2.42. The van der Waals surface area contributed by atoms with Crippen LogP contribution in [0.5, 0.6) is 0 Å². The van der Waals surface area contributed by atoms with Gasteiger partial charge in [0.15, 0.2) is 0 Å². The van der Waals surface area contributed by atoms with E-state index in [1.54, 1.807) is 0 Å². The Bertz CT molecular complexity index is 680. The monoisotopic (exact) mass is 345 g/mol. The Kier molecular flexibility index (Phi) is 5.49. The molecule has 0 amide bonds. The van der Waals surface area contributed by atoms with Gasteiger partial charge in [0.2, 0.25) is 6.29 Å². The molecule has 2 aliphatic rings. The minimum absolute atomic E-state index is 0.199. The number of hydrogen-bond donors (Lipinski definition) is 0. The fourth-order valence-corrected chi connectivity index (χ4v) is 4.26. The highest BCUT2D eigenvalue weighted by atomic mass is 16.7. The molecule has 1 aliphatic heterocycles. The van der Waals surface area contributed by atoms with Gasteiger partial charge in [-0.25, -0.2) is 0 Å². The lowest BCUT2D eigenvalue weighted by molar-refractivity contribution is -0.191. The topological polar surface area (TPSA) is 40.0 Å². The van der Waals surface area contributed by atoms with Crippen LogP contribution in [0.2, 0.25) is 0 Å². The van der Waals surface area contributed by atoms with E-state index in [4.69, 9.17) is 14.3 Å². The highest BCUT2D eigenvalue weighted by Gasteiger charge is 2.40. The van der Waals surface area contributed by atoms with Gasteiger partial charge in [0.25, 0.3) is 0 Å². The molecule has 0 radical (unpaired) electrons. The van der Waals surface area contributed by atoms with Crippen LogP contribution in [-0.2, 0) is 20.7 Å². The molecule has 0 N–H and O–H groups in total. The summed E-state index contributed by atoms with van der Waals surface area (Å²) in [5.74, 6) is 0.322. The van der Waals surface area contributed by atoms with E-state index < -0.39 is 0 Å². The second-order valence-corrected chi connectivity index (χ2v) is 7.23. The minimum Gasteiger partial charge on any atom is -0.396 e. The van der Waals surface area contributed by atoms with Gasteiger partial charge in [-0.2, -0.15) is 0 Å². The predicted molar refractivity (Wildman–Crippen MR) is 100 cm³/mol. The third-order valence-corrected chi connectivity index (χ3v) is 6.04. The summed E-state index contributed by atoms with van der Waals surface area (Å²) in [4.78, 5) is 5.22. The maximum Gasteiger partial charge on any atom is 0.200 e. The van der Waals surface area contributed by atoms with Crippen LogP contribution in [0.1, 0.15) is 66.0 Å². The molecule has 1 aromatic carbocycles. The first kappa shape index (κ1) is 18.4. The Morgan fingerprint density at radius 1 is 1.08 bits per heavy atom. The summed E-state index contributed by atoms with van der Waals surface area (Å²) < 4.78 is 12.4. The molecule has 0 spiro atoms. The van der Waals surface area contributed by atoms with Crippen molar-refractivity contribution in [1.29, 1.82) is 0 Å². The number of oxime groups is 1. The van der Waals surface area contributed by atoms with Crippen molar-refractivity contribution in [3.63, 3.8) is 0 Å². The second kappa shape index (κ2) is 7.46. The Labute approximate surface area is 151 Å². The van der Waals surface area contributed by atoms with E-state index in [0.717, 1.165) is 25.0 Å². The molecule has 0 aromatic heterocycles. The summed E-state index contributed by atoms with van der Waals surface area (Å²) in [6.07, 6.45) is 2.74. The molecule has 1 fully saturated rings. The largest absolute Gasteiger partial charge is 0.396 e. The smallest absolute Gasteiger partial charge is 0.200 e. The van der Waals surface area contributed by atoms with Crippen molar-refractivity contribution in [3.05, 3.63) is 33.4 Å². The van der Waals surface area contributed by atoms with E-state index >= 15 is 0 Å². The zero-order valence-electron chi connectivity index (χ0n) is 16.4. The lowest BCUT2D eigenvalue weighted by Crippen LogP contribution is -2.45. The van der Waals surface area contributed by atoms with Crippen LogP contribution < -0.4 is 0 Å². The van der Waals surface area contributed by atoms with E-state index in [0.29, 0.717) is 19.1 Å². The van der Waals surface area contributed by atoms with Crippen LogP contribution in [0, 0.1) is 27.7 Å². The third-order valence-electron chi connectivity index (χ3n) is 6.04. The summed E-state index contributed by atoms with van der Waals surface area (Å²) in [7, 11) is 0. The van der Waals surface area contributed by atoms with Gasteiger partial charge >= 0.3 is 0 Å². The molecule has 25 heavy (non-hydrogen) atoms. The Morgan fingerprint density at radius 2 is 1.80 bits per heavy atom. The average molecular weight is 345 g/mol. The number of hydrogen-bond acceptors (Lipinski definition) is 4. The fraction of sp³-hybridized carbons (Fsp3) is 0.667. The molecule has 1 aliphatic carbocycles. The molecular weight excluding hydrogens is 314 g/mol. The van der Waals surface area contributed by atoms with E-state index in [2.05, 4.69) is 39.8 Å². The molecule has 4 heteroatoms. The Morgan fingerprint density at radius 3 is 2.48 bits per heavy atom. The van der Waals surface area contributed by atoms with Gasteiger partial charge in [0.1, 0.15) is 12.3 Å². The van der Waals surface area contributed by atoms with Crippen LogP contribution >= 0.6 is 0 Å². The van der Waals surface area contributed by atoms with Crippen molar-refractivity contribution in [3.8, 4) is 0 Å². The minimum atomic E-state index is -0.368. The SMILES string of the molecule is CCON=C(CC)C1OCC2c3c(C)c(C)c(C)c(C)c3CCC2O1. The molecule has 138 valence electrons. The van der Waals surface area contributed by atoms with Gasteiger partial charge in [-0.3, -0.25) is 0 Å². The van der Waals surface area contributed by atoms with E-state index in [1.807, 2.05) is 6.92 Å². The van der Waals surface area contributed by atoms with Gasteiger partial charge in [-0.15, -0.1) is 0 Å². The van der Waals surface area contributed by atoms with Crippen molar-refractivity contribution in [2.24, 2.45) is 5.16 Å². The number of fused-ring (bicyclic) bond motifs is 3. The Hall–Kier alpha value is -1.39. The average Bonchev–Trinajstić information content (AvgIpc) is 2.64. The molecule has 1 heterocycles. The summed E-state index contributed by atoms with van der Waals surface area (Å²) in [6, 6.07) is 0. The Balaban J connectivity index is 1.88. The quantitative estimate of drug-likeness (QED) is 0.596. The predicted octanol–water partition coefficient (Wildman–Crippen LogP) is 4.49. The maximum absolute atomic E-state index is 6.33. The first-order chi connectivity index (χ1) is 12.0.